The van der Waals surface area contributed by atoms with Gasteiger partial charge in [0.2, 0.25) is 0 Å². The molecule has 0 fully saturated rings. The van der Waals surface area contributed by atoms with Gasteiger partial charge in [-0.2, -0.15) is 0 Å². The number of ether oxygens (including phenoxy) is 1. The molecule has 0 radical (unpaired) electrons. The molecule has 1 N–H and O–H groups in total. The Morgan fingerprint density at radius 1 is 1.19 bits per heavy atom. The molecule has 110 valence electrons. The molecule has 0 aromatic heterocycles. The van der Waals surface area contributed by atoms with E-state index < -0.39 is 6.10 Å². The Balaban J connectivity index is 1.98. The summed E-state index contributed by atoms with van der Waals surface area (Å²) in [6.07, 6.45) is -0.645. The van der Waals surface area contributed by atoms with Crippen LogP contribution in [0.1, 0.15) is 6.92 Å². The number of rotatable bonds is 4. The number of nitrogens with one attached hydrogen (secondary N) is 1. The third-order valence-corrected chi connectivity index (χ3v) is 4.17. The van der Waals surface area contributed by atoms with E-state index >= 15 is 0 Å². The first-order valence-electron chi connectivity index (χ1n) is 6.14. The van der Waals surface area contributed by atoms with Crippen molar-refractivity contribution in [3.8, 4) is 5.75 Å². The van der Waals surface area contributed by atoms with Crippen molar-refractivity contribution in [2.75, 3.05) is 5.32 Å². The first-order chi connectivity index (χ1) is 9.95. The highest BCUT2D eigenvalue weighted by Crippen LogP contribution is 2.25. The van der Waals surface area contributed by atoms with Crippen LogP contribution in [-0.4, -0.2) is 12.0 Å². The molecule has 0 spiro atoms. The average Bonchev–Trinajstić information content (AvgIpc) is 2.45. The van der Waals surface area contributed by atoms with Crippen LogP contribution in [0.15, 0.2) is 46.9 Å². The second-order valence-corrected chi connectivity index (χ2v) is 6.03. The highest BCUT2D eigenvalue weighted by atomic mass is 79.9. The molecule has 2 aromatic carbocycles. The maximum absolute atomic E-state index is 12.1. The zero-order valence-corrected chi connectivity index (χ0v) is 14.2. The van der Waals surface area contributed by atoms with Crippen LogP contribution in [0.4, 0.5) is 5.69 Å². The van der Waals surface area contributed by atoms with Gasteiger partial charge in [0.25, 0.3) is 5.91 Å². The number of halogens is 3. The van der Waals surface area contributed by atoms with Crippen molar-refractivity contribution in [3.05, 3.63) is 57.0 Å². The van der Waals surface area contributed by atoms with Crippen LogP contribution in [0.5, 0.6) is 5.75 Å². The predicted octanol–water partition coefficient (Wildman–Crippen LogP) is 5.16. The summed E-state index contributed by atoms with van der Waals surface area (Å²) in [6, 6.07) is 12.0. The Labute approximate surface area is 141 Å². The predicted molar refractivity (Wildman–Crippen MR) is 89.3 cm³/mol. The third-order valence-electron chi connectivity index (χ3n) is 2.68. The lowest BCUT2D eigenvalue weighted by Crippen LogP contribution is -2.30. The van der Waals surface area contributed by atoms with Crippen LogP contribution >= 0.6 is 39.1 Å². The number of anilines is 1. The summed E-state index contributed by atoms with van der Waals surface area (Å²) < 4.78 is 6.32. The lowest BCUT2D eigenvalue weighted by atomic mass is 10.3. The van der Waals surface area contributed by atoms with Crippen molar-refractivity contribution in [3.63, 3.8) is 0 Å². The summed E-state index contributed by atoms with van der Waals surface area (Å²) in [5, 5.41) is 3.89. The maximum Gasteiger partial charge on any atom is 0.265 e. The molecule has 2 rings (SSSR count). The van der Waals surface area contributed by atoms with Gasteiger partial charge in [0.05, 0.1) is 5.02 Å². The SMILES string of the molecule is C[C@@H](Oc1ccc(Cl)cc1)C(=O)Nc1ccc(Br)c(Cl)c1. The van der Waals surface area contributed by atoms with Gasteiger partial charge in [-0.3, -0.25) is 4.79 Å². The number of amides is 1. The van der Waals surface area contributed by atoms with Gasteiger partial charge in [-0.25, -0.2) is 0 Å². The quantitative estimate of drug-likeness (QED) is 0.785. The molecule has 0 heterocycles. The van der Waals surface area contributed by atoms with Gasteiger partial charge in [0.15, 0.2) is 6.10 Å². The van der Waals surface area contributed by atoms with Gasteiger partial charge in [0, 0.05) is 15.2 Å². The fraction of sp³-hybridized carbons (Fsp3) is 0.133. The van der Waals surface area contributed by atoms with E-state index in [2.05, 4.69) is 21.2 Å². The molecule has 21 heavy (non-hydrogen) atoms. The van der Waals surface area contributed by atoms with Crippen molar-refractivity contribution < 1.29 is 9.53 Å². The minimum Gasteiger partial charge on any atom is -0.481 e. The van der Waals surface area contributed by atoms with E-state index in [1.54, 1.807) is 49.4 Å². The molecule has 0 aliphatic heterocycles. The number of hydrogen-bond acceptors (Lipinski definition) is 2. The van der Waals surface area contributed by atoms with Crippen molar-refractivity contribution in [1.82, 2.24) is 0 Å². The van der Waals surface area contributed by atoms with Gasteiger partial charge in [0.1, 0.15) is 5.75 Å². The summed E-state index contributed by atoms with van der Waals surface area (Å²) in [5.74, 6) is 0.319. The molecule has 2 aromatic rings. The molecule has 0 saturated carbocycles. The van der Waals surface area contributed by atoms with Gasteiger partial charge >= 0.3 is 0 Å². The monoisotopic (exact) mass is 387 g/mol. The molecule has 0 saturated heterocycles. The summed E-state index contributed by atoms with van der Waals surface area (Å²) in [7, 11) is 0. The molecule has 1 amide bonds. The number of benzene rings is 2. The van der Waals surface area contributed by atoms with Crippen LogP contribution in [-0.2, 0) is 4.79 Å². The molecule has 0 bridgehead atoms. The van der Waals surface area contributed by atoms with E-state index in [1.165, 1.54) is 0 Å². The third kappa shape index (κ3) is 4.63. The van der Waals surface area contributed by atoms with E-state index in [9.17, 15) is 4.79 Å². The Kier molecular flexibility index (Phi) is 5.51. The van der Waals surface area contributed by atoms with Gasteiger partial charge in [-0.05, 0) is 65.3 Å². The van der Waals surface area contributed by atoms with Crippen LogP contribution in [0.3, 0.4) is 0 Å². The Bertz CT molecular complexity index is 647. The minimum absolute atomic E-state index is 0.261. The molecule has 0 aliphatic rings. The van der Waals surface area contributed by atoms with Gasteiger partial charge < -0.3 is 10.1 Å². The molecular weight excluding hydrogens is 377 g/mol. The summed E-state index contributed by atoms with van der Waals surface area (Å²) >= 11 is 15.1. The van der Waals surface area contributed by atoms with Crippen LogP contribution < -0.4 is 10.1 Å². The lowest BCUT2D eigenvalue weighted by molar-refractivity contribution is -0.122. The zero-order chi connectivity index (χ0) is 15.4. The molecule has 6 heteroatoms. The van der Waals surface area contributed by atoms with E-state index in [0.717, 1.165) is 4.47 Å². The summed E-state index contributed by atoms with van der Waals surface area (Å²) in [4.78, 5) is 12.1. The minimum atomic E-state index is -0.645. The number of carbonyl (C=O) groups is 1. The van der Waals surface area contributed by atoms with E-state index in [1.807, 2.05) is 0 Å². The Morgan fingerprint density at radius 2 is 1.86 bits per heavy atom. The number of hydrogen-bond donors (Lipinski definition) is 1. The van der Waals surface area contributed by atoms with Crippen molar-refractivity contribution in [2.45, 2.75) is 13.0 Å². The standard InChI is InChI=1S/C15H12BrCl2NO2/c1-9(21-12-5-2-10(17)3-6-12)15(20)19-11-4-7-13(16)14(18)8-11/h2-9H,1H3,(H,19,20)/t9-/m1/s1. The van der Waals surface area contributed by atoms with Crippen molar-refractivity contribution in [1.29, 1.82) is 0 Å². The highest BCUT2D eigenvalue weighted by Gasteiger charge is 2.15. The van der Waals surface area contributed by atoms with Crippen molar-refractivity contribution >= 4 is 50.7 Å². The summed E-state index contributed by atoms with van der Waals surface area (Å²) in [6.45, 7) is 1.67. The molecule has 0 unspecified atom stereocenters. The highest BCUT2D eigenvalue weighted by molar-refractivity contribution is 9.10. The van der Waals surface area contributed by atoms with Crippen molar-refractivity contribution in [2.24, 2.45) is 0 Å². The van der Waals surface area contributed by atoms with Gasteiger partial charge in [-0.15, -0.1) is 0 Å². The fourth-order valence-electron chi connectivity index (χ4n) is 1.59. The van der Waals surface area contributed by atoms with Crippen LogP contribution in [0.2, 0.25) is 10.0 Å². The molecule has 0 aliphatic carbocycles. The molecule has 1 atom stereocenters. The fourth-order valence-corrected chi connectivity index (χ4v) is 2.14. The van der Waals surface area contributed by atoms with Gasteiger partial charge in [-0.1, -0.05) is 23.2 Å². The van der Waals surface area contributed by atoms with E-state index in [4.69, 9.17) is 27.9 Å². The van der Waals surface area contributed by atoms with E-state index in [-0.39, 0.29) is 5.91 Å². The first-order valence-corrected chi connectivity index (χ1v) is 7.69. The Hall–Kier alpha value is -1.23. The second-order valence-electron chi connectivity index (χ2n) is 4.33. The number of carbonyl (C=O) groups excluding carboxylic acids is 1. The largest absolute Gasteiger partial charge is 0.481 e. The normalized spacial score (nSPS) is 11.8. The first kappa shape index (κ1) is 16.1. The van der Waals surface area contributed by atoms with E-state index in [0.29, 0.717) is 21.5 Å². The summed E-state index contributed by atoms with van der Waals surface area (Å²) in [5.41, 5.74) is 0.611. The van der Waals surface area contributed by atoms with Crippen LogP contribution in [0.25, 0.3) is 0 Å². The average molecular weight is 389 g/mol. The topological polar surface area (TPSA) is 38.3 Å². The zero-order valence-electron chi connectivity index (χ0n) is 11.1. The smallest absolute Gasteiger partial charge is 0.265 e. The molecular formula is C15H12BrCl2NO2. The lowest BCUT2D eigenvalue weighted by Gasteiger charge is -2.15. The maximum atomic E-state index is 12.1. The molecule has 3 nitrogen and oxygen atoms in total. The Morgan fingerprint density at radius 3 is 2.48 bits per heavy atom. The second kappa shape index (κ2) is 7.16. The van der Waals surface area contributed by atoms with Crippen LogP contribution in [0, 0.1) is 0 Å².